The molecule has 6 nitrogen and oxygen atoms in total. The Labute approximate surface area is 121 Å². The number of amides is 1. The van der Waals surface area contributed by atoms with Gasteiger partial charge in [-0.15, -0.1) is 0 Å². The predicted octanol–water partition coefficient (Wildman–Crippen LogP) is 1.93. The summed E-state index contributed by atoms with van der Waals surface area (Å²) < 4.78 is 0. The van der Waals surface area contributed by atoms with Gasteiger partial charge >= 0.3 is 0 Å². The van der Waals surface area contributed by atoms with Crippen molar-refractivity contribution in [2.24, 2.45) is 0 Å². The average molecular weight is 281 g/mol. The minimum absolute atomic E-state index is 0.150. The summed E-state index contributed by atoms with van der Waals surface area (Å²) in [6.45, 7) is 0.428. The van der Waals surface area contributed by atoms with Gasteiger partial charge in [-0.3, -0.25) is 9.89 Å². The summed E-state index contributed by atoms with van der Waals surface area (Å²) in [6, 6.07) is 7.71. The second-order valence-corrected chi connectivity index (χ2v) is 4.61. The topological polar surface area (TPSA) is 82.7 Å². The first-order valence-corrected chi connectivity index (χ1v) is 6.61. The van der Waals surface area contributed by atoms with E-state index in [1.807, 2.05) is 31.3 Å². The van der Waals surface area contributed by atoms with E-state index in [1.54, 1.807) is 18.6 Å². The average Bonchev–Trinajstić information content (AvgIpc) is 3.05. The Kier molecular flexibility index (Phi) is 3.51. The number of nitrogens with zero attached hydrogens (tertiary/aromatic N) is 2. The highest BCUT2D eigenvalue weighted by Crippen LogP contribution is 2.24. The summed E-state index contributed by atoms with van der Waals surface area (Å²) >= 11 is 0. The molecule has 0 spiro atoms. The Balaban J connectivity index is 1.91. The van der Waals surface area contributed by atoms with Crippen LogP contribution in [0.2, 0.25) is 0 Å². The van der Waals surface area contributed by atoms with Crippen LogP contribution in [0, 0.1) is 0 Å². The highest BCUT2D eigenvalue weighted by Gasteiger charge is 2.12. The fourth-order valence-electron chi connectivity index (χ4n) is 2.22. The molecule has 0 radical (unpaired) electrons. The number of hydrogen-bond donors (Lipinski definition) is 3. The van der Waals surface area contributed by atoms with Crippen LogP contribution >= 0.6 is 0 Å². The van der Waals surface area contributed by atoms with Crippen molar-refractivity contribution >= 4 is 22.5 Å². The van der Waals surface area contributed by atoms with Crippen molar-refractivity contribution in [3.05, 3.63) is 54.0 Å². The summed E-state index contributed by atoms with van der Waals surface area (Å²) in [5.41, 5.74) is 1.49. The summed E-state index contributed by atoms with van der Waals surface area (Å²) in [5.74, 6) is 0.611. The van der Waals surface area contributed by atoms with E-state index in [9.17, 15) is 4.79 Å². The smallest absolute Gasteiger partial charge is 0.253 e. The van der Waals surface area contributed by atoms with Crippen molar-refractivity contribution in [3.8, 4) is 0 Å². The van der Waals surface area contributed by atoms with Crippen LogP contribution in [-0.4, -0.2) is 28.1 Å². The minimum atomic E-state index is -0.150. The lowest BCUT2D eigenvalue weighted by Crippen LogP contribution is -2.23. The molecule has 0 saturated carbocycles. The number of aromatic amines is 1. The number of rotatable bonds is 4. The van der Waals surface area contributed by atoms with Crippen molar-refractivity contribution in [1.29, 1.82) is 0 Å². The van der Waals surface area contributed by atoms with Crippen molar-refractivity contribution in [1.82, 2.24) is 20.5 Å². The summed E-state index contributed by atoms with van der Waals surface area (Å²) in [6.07, 6.45) is 5.03. The molecular weight excluding hydrogens is 266 g/mol. The van der Waals surface area contributed by atoms with Gasteiger partial charge in [-0.05, 0) is 5.39 Å². The molecule has 0 aliphatic rings. The lowest BCUT2D eigenvalue weighted by atomic mass is 10.1. The third-order valence-corrected chi connectivity index (χ3v) is 3.28. The number of aromatic nitrogens is 3. The highest BCUT2D eigenvalue weighted by atomic mass is 16.1. The Morgan fingerprint density at radius 1 is 1.24 bits per heavy atom. The first kappa shape index (κ1) is 13.1. The van der Waals surface area contributed by atoms with Gasteiger partial charge in [0.05, 0.1) is 11.8 Å². The number of fused-ring (bicyclic) bond motifs is 1. The molecule has 21 heavy (non-hydrogen) atoms. The van der Waals surface area contributed by atoms with Gasteiger partial charge in [-0.2, -0.15) is 5.10 Å². The van der Waals surface area contributed by atoms with Crippen molar-refractivity contribution < 1.29 is 4.79 Å². The molecule has 1 aromatic carbocycles. The van der Waals surface area contributed by atoms with Crippen LogP contribution in [0.1, 0.15) is 15.9 Å². The number of anilines is 1. The number of carbonyl (C=O) groups excluding carboxylic acids is 1. The van der Waals surface area contributed by atoms with E-state index >= 15 is 0 Å². The summed E-state index contributed by atoms with van der Waals surface area (Å²) in [7, 11) is 1.81. The Morgan fingerprint density at radius 3 is 2.76 bits per heavy atom. The van der Waals surface area contributed by atoms with Crippen LogP contribution in [-0.2, 0) is 6.54 Å². The maximum atomic E-state index is 12.4. The SMILES string of the molecule is CNc1ncc(C(=O)NCc2cn[nH]c2)c2ccccc12. The number of carbonyl (C=O) groups is 1. The first-order chi connectivity index (χ1) is 10.3. The van der Waals surface area contributed by atoms with E-state index in [1.165, 1.54) is 0 Å². The first-order valence-electron chi connectivity index (χ1n) is 6.61. The van der Waals surface area contributed by atoms with Gasteiger partial charge in [0.2, 0.25) is 0 Å². The molecule has 106 valence electrons. The van der Waals surface area contributed by atoms with Crippen molar-refractivity contribution in [2.75, 3.05) is 12.4 Å². The number of hydrogen-bond acceptors (Lipinski definition) is 4. The third kappa shape index (κ3) is 2.55. The highest BCUT2D eigenvalue weighted by molar-refractivity contribution is 6.09. The molecule has 3 aromatic rings. The van der Waals surface area contributed by atoms with E-state index in [-0.39, 0.29) is 5.91 Å². The molecule has 0 unspecified atom stereocenters. The molecular formula is C15H15N5O. The molecule has 0 aliphatic carbocycles. The minimum Gasteiger partial charge on any atom is -0.373 e. The van der Waals surface area contributed by atoms with E-state index < -0.39 is 0 Å². The number of pyridine rings is 1. The molecule has 3 rings (SSSR count). The van der Waals surface area contributed by atoms with Gasteiger partial charge in [0, 0.05) is 36.9 Å². The van der Waals surface area contributed by atoms with Crippen LogP contribution in [0.5, 0.6) is 0 Å². The van der Waals surface area contributed by atoms with Crippen molar-refractivity contribution in [3.63, 3.8) is 0 Å². The lowest BCUT2D eigenvalue weighted by Gasteiger charge is -2.10. The molecule has 6 heteroatoms. The van der Waals surface area contributed by atoms with E-state index in [0.29, 0.717) is 12.1 Å². The molecule has 0 atom stereocenters. The summed E-state index contributed by atoms with van der Waals surface area (Å²) in [5, 5.41) is 14.3. The second kappa shape index (κ2) is 5.62. The fourth-order valence-corrected chi connectivity index (χ4v) is 2.22. The number of nitrogens with one attached hydrogen (secondary N) is 3. The Hall–Kier alpha value is -2.89. The van der Waals surface area contributed by atoms with Crippen molar-refractivity contribution in [2.45, 2.75) is 6.54 Å². The van der Waals surface area contributed by atoms with Gasteiger partial charge in [0.25, 0.3) is 5.91 Å². The van der Waals surface area contributed by atoms with Crippen LogP contribution < -0.4 is 10.6 Å². The molecule has 2 heterocycles. The normalized spacial score (nSPS) is 10.5. The zero-order chi connectivity index (χ0) is 14.7. The van der Waals surface area contributed by atoms with Gasteiger partial charge in [0.1, 0.15) is 5.82 Å². The molecule has 0 saturated heterocycles. The largest absolute Gasteiger partial charge is 0.373 e. The fraction of sp³-hybridized carbons (Fsp3) is 0.133. The molecule has 0 fully saturated rings. The van der Waals surface area contributed by atoms with Gasteiger partial charge < -0.3 is 10.6 Å². The summed E-state index contributed by atoms with van der Waals surface area (Å²) in [4.78, 5) is 16.7. The number of benzene rings is 1. The maximum absolute atomic E-state index is 12.4. The Bertz CT molecular complexity index is 767. The Morgan fingerprint density at radius 2 is 2.05 bits per heavy atom. The predicted molar refractivity (Wildman–Crippen MR) is 81.0 cm³/mol. The van der Waals surface area contributed by atoms with Crippen LogP contribution in [0.25, 0.3) is 10.8 Å². The van der Waals surface area contributed by atoms with Gasteiger partial charge in [0.15, 0.2) is 0 Å². The van der Waals surface area contributed by atoms with Gasteiger partial charge in [-0.25, -0.2) is 4.98 Å². The van der Waals surface area contributed by atoms with Crippen LogP contribution in [0.4, 0.5) is 5.82 Å². The third-order valence-electron chi connectivity index (χ3n) is 3.28. The quantitative estimate of drug-likeness (QED) is 0.682. The molecule has 0 aliphatic heterocycles. The van der Waals surface area contributed by atoms with E-state index in [2.05, 4.69) is 25.8 Å². The van der Waals surface area contributed by atoms with E-state index in [4.69, 9.17) is 0 Å². The molecule has 2 aromatic heterocycles. The van der Waals surface area contributed by atoms with E-state index in [0.717, 1.165) is 22.2 Å². The molecule has 3 N–H and O–H groups in total. The number of H-pyrrole nitrogens is 1. The second-order valence-electron chi connectivity index (χ2n) is 4.61. The molecule has 1 amide bonds. The monoisotopic (exact) mass is 281 g/mol. The van der Waals surface area contributed by atoms with Gasteiger partial charge in [-0.1, -0.05) is 24.3 Å². The maximum Gasteiger partial charge on any atom is 0.253 e. The van der Waals surface area contributed by atoms with Crippen LogP contribution in [0.3, 0.4) is 0 Å². The zero-order valence-corrected chi connectivity index (χ0v) is 11.6. The zero-order valence-electron chi connectivity index (χ0n) is 11.6. The van der Waals surface area contributed by atoms with Crippen LogP contribution in [0.15, 0.2) is 42.9 Å². The molecule has 0 bridgehead atoms. The standard InChI is InChI=1S/C15H15N5O/c1-16-14-12-5-3-2-4-11(12)13(9-17-14)15(21)18-6-10-7-19-20-8-10/h2-5,7-9H,6H2,1H3,(H,16,17)(H,18,21)(H,19,20). The lowest BCUT2D eigenvalue weighted by molar-refractivity contribution is 0.0952.